The lowest BCUT2D eigenvalue weighted by Gasteiger charge is -2.02. The predicted molar refractivity (Wildman–Crippen MR) is 88.6 cm³/mol. The van der Waals surface area contributed by atoms with E-state index < -0.39 is 6.17 Å². The van der Waals surface area contributed by atoms with E-state index in [1.807, 2.05) is 0 Å². The third-order valence-corrected chi connectivity index (χ3v) is 3.48. The number of unbranched alkanes of at least 4 members (excludes halogenated alkanes) is 9. The van der Waals surface area contributed by atoms with Gasteiger partial charge >= 0.3 is 0 Å². The molecule has 0 N–H and O–H groups in total. The van der Waals surface area contributed by atoms with Gasteiger partial charge in [0, 0.05) is 6.42 Å². The fraction of sp³-hybridized carbons (Fsp3) is 0.789. The van der Waals surface area contributed by atoms with Crippen LogP contribution >= 0.6 is 0 Å². The molecule has 116 valence electrons. The van der Waals surface area contributed by atoms with Gasteiger partial charge in [0.25, 0.3) is 0 Å². The second-order valence-corrected chi connectivity index (χ2v) is 5.56. The zero-order chi connectivity index (χ0) is 14.9. The first-order valence-corrected chi connectivity index (χ1v) is 8.60. The summed E-state index contributed by atoms with van der Waals surface area (Å²) in [4.78, 5) is 0. The van der Waals surface area contributed by atoms with Gasteiger partial charge in [-0.15, -0.1) is 0 Å². The van der Waals surface area contributed by atoms with Crippen LogP contribution in [-0.2, 0) is 0 Å². The molecule has 0 rings (SSSR count). The maximum absolute atomic E-state index is 13.5. The van der Waals surface area contributed by atoms with Gasteiger partial charge in [0.05, 0.1) is 0 Å². The highest BCUT2D eigenvalue weighted by molar-refractivity contribution is 5.16. The molecule has 0 aromatic carbocycles. The Morgan fingerprint density at radius 1 is 0.850 bits per heavy atom. The molecule has 0 bridgehead atoms. The number of allylic oxidation sites excluding steroid dienone is 2. The Kier molecular flexibility index (Phi) is 15.7. The summed E-state index contributed by atoms with van der Waals surface area (Å²) in [6.45, 7) is 4.41. The average molecular weight is 280 g/mol. The molecule has 0 fully saturated rings. The van der Waals surface area contributed by atoms with Crippen LogP contribution in [0.4, 0.5) is 4.39 Å². The van der Waals surface area contributed by atoms with Crippen LogP contribution in [0.2, 0.25) is 0 Å². The molecule has 20 heavy (non-hydrogen) atoms. The number of rotatable bonds is 12. The first-order chi connectivity index (χ1) is 9.81. The van der Waals surface area contributed by atoms with Crippen molar-refractivity contribution in [1.29, 1.82) is 0 Å². The molecule has 1 unspecified atom stereocenters. The highest BCUT2D eigenvalue weighted by Crippen LogP contribution is 2.11. The summed E-state index contributed by atoms with van der Waals surface area (Å²) < 4.78 is 13.5. The van der Waals surface area contributed by atoms with Gasteiger partial charge < -0.3 is 0 Å². The van der Waals surface area contributed by atoms with E-state index in [2.05, 4.69) is 25.7 Å². The SMILES string of the molecule is CCCCCC#C/C=C/C(F)CCCCCCCCC. The van der Waals surface area contributed by atoms with Gasteiger partial charge in [0.1, 0.15) is 6.17 Å². The number of hydrogen-bond donors (Lipinski definition) is 0. The Hall–Kier alpha value is -0.770. The van der Waals surface area contributed by atoms with Crippen molar-refractivity contribution in [3.63, 3.8) is 0 Å². The highest BCUT2D eigenvalue weighted by atomic mass is 19.1. The van der Waals surface area contributed by atoms with Gasteiger partial charge in [-0.3, -0.25) is 0 Å². The first kappa shape index (κ1) is 19.2. The van der Waals surface area contributed by atoms with E-state index in [-0.39, 0.29) is 0 Å². The molecule has 1 heteroatoms. The van der Waals surface area contributed by atoms with Crippen LogP contribution < -0.4 is 0 Å². The molecule has 0 aromatic rings. The standard InChI is InChI=1S/C19H33F/c1-3-5-7-9-11-13-15-17-19(20)18-16-14-12-10-8-6-4-2/h16,18-19H,3-11,13,15,17H2,1-2H3/b18-16+. The molecule has 0 saturated carbocycles. The van der Waals surface area contributed by atoms with Crippen LogP contribution in [0.15, 0.2) is 12.2 Å². The monoisotopic (exact) mass is 280 g/mol. The van der Waals surface area contributed by atoms with Gasteiger partial charge in [-0.2, -0.15) is 0 Å². The zero-order valence-electron chi connectivity index (χ0n) is 13.6. The summed E-state index contributed by atoms with van der Waals surface area (Å²) in [5, 5.41) is 0. The molecule has 0 radical (unpaired) electrons. The first-order valence-electron chi connectivity index (χ1n) is 8.60. The summed E-state index contributed by atoms with van der Waals surface area (Å²) in [6, 6.07) is 0. The van der Waals surface area contributed by atoms with E-state index in [4.69, 9.17) is 0 Å². The molecule has 0 amide bonds. The summed E-state index contributed by atoms with van der Waals surface area (Å²) >= 11 is 0. The van der Waals surface area contributed by atoms with Gasteiger partial charge in [-0.05, 0) is 25.0 Å². The van der Waals surface area contributed by atoms with Crippen molar-refractivity contribution in [3.05, 3.63) is 12.2 Å². The van der Waals surface area contributed by atoms with Crippen molar-refractivity contribution in [3.8, 4) is 11.8 Å². The second-order valence-electron chi connectivity index (χ2n) is 5.56. The normalized spacial score (nSPS) is 12.3. The third-order valence-electron chi connectivity index (χ3n) is 3.48. The molecule has 0 aliphatic heterocycles. The van der Waals surface area contributed by atoms with Crippen molar-refractivity contribution in [2.75, 3.05) is 0 Å². The Balaban J connectivity index is 3.41. The highest BCUT2D eigenvalue weighted by Gasteiger charge is 2.00. The Bertz CT molecular complexity index is 269. The Labute approximate surface area is 126 Å². The number of hydrogen-bond acceptors (Lipinski definition) is 0. The van der Waals surface area contributed by atoms with E-state index in [0.29, 0.717) is 6.42 Å². The molecule has 1 atom stereocenters. The van der Waals surface area contributed by atoms with Crippen LogP contribution in [0.5, 0.6) is 0 Å². The minimum Gasteiger partial charge on any atom is -0.243 e. The quantitative estimate of drug-likeness (QED) is 0.279. The van der Waals surface area contributed by atoms with Crippen LogP contribution in [-0.4, -0.2) is 6.17 Å². The average Bonchev–Trinajstić information content (AvgIpc) is 2.45. The Morgan fingerprint density at radius 2 is 1.45 bits per heavy atom. The van der Waals surface area contributed by atoms with Crippen molar-refractivity contribution >= 4 is 0 Å². The van der Waals surface area contributed by atoms with E-state index in [0.717, 1.165) is 19.3 Å². The van der Waals surface area contributed by atoms with Gasteiger partial charge in [-0.25, -0.2) is 4.39 Å². The zero-order valence-corrected chi connectivity index (χ0v) is 13.6. The predicted octanol–water partition coefficient (Wildman–Crippen LogP) is 6.61. The molecule has 0 nitrogen and oxygen atoms in total. The van der Waals surface area contributed by atoms with Crippen molar-refractivity contribution in [1.82, 2.24) is 0 Å². The van der Waals surface area contributed by atoms with Crippen LogP contribution in [0.3, 0.4) is 0 Å². The number of alkyl halides is 1. The minimum atomic E-state index is -0.810. The summed E-state index contributed by atoms with van der Waals surface area (Å²) in [6.07, 6.45) is 16.4. The Morgan fingerprint density at radius 3 is 2.15 bits per heavy atom. The lowest BCUT2D eigenvalue weighted by atomic mass is 10.1. The van der Waals surface area contributed by atoms with Gasteiger partial charge in [-0.1, -0.05) is 83.5 Å². The lowest BCUT2D eigenvalue weighted by molar-refractivity contribution is 0.364. The fourth-order valence-electron chi connectivity index (χ4n) is 2.14. The van der Waals surface area contributed by atoms with Gasteiger partial charge in [0.2, 0.25) is 0 Å². The molecular formula is C19H33F. The van der Waals surface area contributed by atoms with Crippen LogP contribution in [0.25, 0.3) is 0 Å². The summed E-state index contributed by atoms with van der Waals surface area (Å²) in [5.74, 6) is 6.00. The van der Waals surface area contributed by atoms with Crippen LogP contribution in [0, 0.1) is 11.8 Å². The van der Waals surface area contributed by atoms with Crippen molar-refractivity contribution < 1.29 is 4.39 Å². The van der Waals surface area contributed by atoms with E-state index in [1.165, 1.54) is 51.4 Å². The summed E-state index contributed by atoms with van der Waals surface area (Å²) in [7, 11) is 0. The number of halogens is 1. The maximum atomic E-state index is 13.5. The molecule has 0 saturated heterocycles. The van der Waals surface area contributed by atoms with Crippen LogP contribution in [0.1, 0.15) is 90.9 Å². The lowest BCUT2D eigenvalue weighted by Crippen LogP contribution is -1.94. The largest absolute Gasteiger partial charge is 0.243 e. The van der Waals surface area contributed by atoms with Gasteiger partial charge in [0.15, 0.2) is 0 Å². The molecular weight excluding hydrogens is 247 g/mol. The molecule has 0 aliphatic rings. The van der Waals surface area contributed by atoms with Crippen molar-refractivity contribution in [2.24, 2.45) is 0 Å². The van der Waals surface area contributed by atoms with E-state index in [1.54, 1.807) is 12.2 Å². The molecule has 0 aliphatic carbocycles. The third kappa shape index (κ3) is 15.3. The molecule has 0 aromatic heterocycles. The topological polar surface area (TPSA) is 0 Å². The minimum absolute atomic E-state index is 0.655. The molecule has 0 spiro atoms. The smallest absolute Gasteiger partial charge is 0.119 e. The van der Waals surface area contributed by atoms with Crippen molar-refractivity contribution in [2.45, 2.75) is 97.1 Å². The maximum Gasteiger partial charge on any atom is 0.119 e. The van der Waals surface area contributed by atoms with E-state index in [9.17, 15) is 4.39 Å². The van der Waals surface area contributed by atoms with E-state index >= 15 is 0 Å². The second kappa shape index (κ2) is 16.3. The molecule has 0 heterocycles. The summed E-state index contributed by atoms with van der Waals surface area (Å²) in [5.41, 5.74) is 0. The fourth-order valence-corrected chi connectivity index (χ4v) is 2.14.